The molecule has 10 heteroatoms. The van der Waals surface area contributed by atoms with Crippen molar-refractivity contribution in [3.8, 4) is 0 Å². The van der Waals surface area contributed by atoms with Crippen LogP contribution >= 0.6 is 0 Å². The summed E-state index contributed by atoms with van der Waals surface area (Å²) < 4.78 is 66.4. The Bertz CT molecular complexity index is 841. The molecule has 0 aromatic carbocycles. The van der Waals surface area contributed by atoms with Crippen molar-refractivity contribution >= 4 is 11.6 Å². The number of halogens is 5. The van der Waals surface area contributed by atoms with E-state index < -0.39 is 35.6 Å². The van der Waals surface area contributed by atoms with E-state index in [-0.39, 0.29) is 11.7 Å². The van der Waals surface area contributed by atoms with E-state index >= 15 is 0 Å². The molecule has 1 amide bonds. The largest absolute Gasteiger partial charge is 0.433 e. The molecule has 1 saturated carbocycles. The molecule has 0 spiro atoms. The molecule has 1 aliphatic carbocycles. The maximum Gasteiger partial charge on any atom is 0.433 e. The van der Waals surface area contributed by atoms with Gasteiger partial charge in [-0.15, -0.1) is 0 Å². The SMILES string of the molecule is C[C@H]1CC[C@H](n2cc(NC(=O)c3cccc(C(F)(F)F)n3)c(C(F)F)n2)CC1. The van der Waals surface area contributed by atoms with Gasteiger partial charge in [0.15, 0.2) is 5.69 Å². The monoisotopic (exact) mass is 402 g/mol. The molecule has 2 aromatic rings. The minimum atomic E-state index is -4.71. The summed E-state index contributed by atoms with van der Waals surface area (Å²) in [7, 11) is 0. The zero-order chi connectivity index (χ0) is 20.5. The van der Waals surface area contributed by atoms with Crippen LogP contribution in [-0.2, 0) is 6.18 Å². The van der Waals surface area contributed by atoms with Gasteiger partial charge in [0.1, 0.15) is 11.4 Å². The lowest BCUT2D eigenvalue weighted by Gasteiger charge is -2.26. The van der Waals surface area contributed by atoms with Crippen LogP contribution in [0.5, 0.6) is 0 Å². The molecule has 0 saturated heterocycles. The molecule has 1 fully saturated rings. The Balaban J connectivity index is 1.82. The number of hydrogen-bond donors (Lipinski definition) is 1. The first-order valence-corrected chi connectivity index (χ1v) is 8.88. The number of carbonyl (C=O) groups excluding carboxylic acids is 1. The predicted molar refractivity (Wildman–Crippen MR) is 91.0 cm³/mol. The van der Waals surface area contributed by atoms with Crippen molar-refractivity contribution in [1.29, 1.82) is 0 Å². The van der Waals surface area contributed by atoms with Crippen LogP contribution in [0.15, 0.2) is 24.4 Å². The van der Waals surface area contributed by atoms with Crippen LogP contribution in [0, 0.1) is 5.92 Å². The minimum absolute atomic E-state index is 0.0500. The third-order valence-corrected chi connectivity index (χ3v) is 4.85. The molecule has 28 heavy (non-hydrogen) atoms. The van der Waals surface area contributed by atoms with Gasteiger partial charge in [-0.05, 0) is 43.7 Å². The molecule has 0 unspecified atom stereocenters. The van der Waals surface area contributed by atoms with Crippen LogP contribution in [0.4, 0.5) is 27.6 Å². The number of nitrogens with one attached hydrogen (secondary N) is 1. The Labute approximate surface area is 157 Å². The molecule has 2 heterocycles. The summed E-state index contributed by atoms with van der Waals surface area (Å²) in [4.78, 5) is 15.5. The maximum absolute atomic E-state index is 13.4. The second-order valence-electron chi connectivity index (χ2n) is 6.98. The zero-order valence-electron chi connectivity index (χ0n) is 15.0. The molecule has 0 atom stereocenters. The molecule has 152 valence electrons. The van der Waals surface area contributed by atoms with Gasteiger partial charge in [0.05, 0.1) is 11.7 Å². The average Bonchev–Trinajstić information content (AvgIpc) is 3.06. The van der Waals surface area contributed by atoms with Crippen molar-refractivity contribution in [2.24, 2.45) is 5.92 Å². The lowest BCUT2D eigenvalue weighted by atomic mass is 9.87. The van der Waals surface area contributed by atoms with Crippen molar-refractivity contribution in [2.75, 3.05) is 5.32 Å². The van der Waals surface area contributed by atoms with Crippen molar-refractivity contribution in [2.45, 2.75) is 51.3 Å². The first-order valence-electron chi connectivity index (χ1n) is 8.88. The number of rotatable bonds is 4. The third kappa shape index (κ3) is 4.48. The van der Waals surface area contributed by atoms with E-state index in [1.807, 2.05) is 0 Å². The van der Waals surface area contributed by atoms with Crippen LogP contribution in [0.1, 0.15) is 67.0 Å². The number of aromatic nitrogens is 3. The fourth-order valence-corrected chi connectivity index (χ4v) is 3.26. The van der Waals surface area contributed by atoms with Gasteiger partial charge >= 0.3 is 6.18 Å². The number of anilines is 1. The number of carbonyl (C=O) groups is 1. The summed E-state index contributed by atoms with van der Waals surface area (Å²) in [5.41, 5.74) is -2.59. The van der Waals surface area contributed by atoms with Crippen molar-refractivity contribution in [3.63, 3.8) is 0 Å². The minimum Gasteiger partial charge on any atom is -0.318 e. The quantitative estimate of drug-likeness (QED) is 0.712. The van der Waals surface area contributed by atoms with E-state index in [0.29, 0.717) is 5.92 Å². The molecule has 5 nitrogen and oxygen atoms in total. The highest BCUT2D eigenvalue weighted by molar-refractivity contribution is 6.03. The summed E-state index contributed by atoms with van der Waals surface area (Å²) in [5.74, 6) is -0.447. The van der Waals surface area contributed by atoms with Crippen LogP contribution in [-0.4, -0.2) is 20.7 Å². The van der Waals surface area contributed by atoms with Gasteiger partial charge in [-0.3, -0.25) is 9.48 Å². The van der Waals surface area contributed by atoms with Gasteiger partial charge in [0, 0.05) is 6.20 Å². The summed E-state index contributed by atoms with van der Waals surface area (Å²) in [6.07, 6.45) is -2.87. The van der Waals surface area contributed by atoms with Gasteiger partial charge in [0.2, 0.25) is 0 Å². The fourth-order valence-electron chi connectivity index (χ4n) is 3.26. The second-order valence-corrected chi connectivity index (χ2v) is 6.98. The Morgan fingerprint density at radius 2 is 1.89 bits per heavy atom. The van der Waals surface area contributed by atoms with Crippen LogP contribution < -0.4 is 5.32 Å². The highest BCUT2D eigenvalue weighted by atomic mass is 19.4. The predicted octanol–water partition coefficient (Wildman–Crippen LogP) is 5.24. The van der Waals surface area contributed by atoms with Crippen LogP contribution in [0.25, 0.3) is 0 Å². The van der Waals surface area contributed by atoms with Gasteiger partial charge in [-0.25, -0.2) is 13.8 Å². The van der Waals surface area contributed by atoms with Crippen molar-refractivity contribution in [3.05, 3.63) is 41.5 Å². The van der Waals surface area contributed by atoms with Gasteiger partial charge in [-0.1, -0.05) is 13.0 Å². The molecule has 3 rings (SSSR count). The lowest BCUT2D eigenvalue weighted by Crippen LogP contribution is -2.18. The molecule has 1 N–H and O–H groups in total. The first-order chi connectivity index (χ1) is 13.1. The van der Waals surface area contributed by atoms with E-state index in [1.165, 1.54) is 10.9 Å². The summed E-state index contributed by atoms with van der Waals surface area (Å²) in [5, 5.41) is 6.14. The molecular weight excluding hydrogens is 383 g/mol. The van der Waals surface area contributed by atoms with Gasteiger partial charge < -0.3 is 5.32 Å². The van der Waals surface area contributed by atoms with Gasteiger partial charge in [-0.2, -0.15) is 18.3 Å². The van der Waals surface area contributed by atoms with Crippen LogP contribution in [0.3, 0.4) is 0 Å². The van der Waals surface area contributed by atoms with E-state index in [4.69, 9.17) is 0 Å². The lowest BCUT2D eigenvalue weighted by molar-refractivity contribution is -0.141. The summed E-state index contributed by atoms with van der Waals surface area (Å²) >= 11 is 0. The fraction of sp³-hybridized carbons (Fsp3) is 0.500. The molecule has 0 aliphatic heterocycles. The highest BCUT2D eigenvalue weighted by Crippen LogP contribution is 2.34. The third-order valence-electron chi connectivity index (χ3n) is 4.85. The Kier molecular flexibility index (Phi) is 5.66. The first kappa shape index (κ1) is 20.2. The molecule has 0 radical (unpaired) electrons. The average molecular weight is 402 g/mol. The highest BCUT2D eigenvalue weighted by Gasteiger charge is 2.33. The van der Waals surface area contributed by atoms with Gasteiger partial charge in [0.25, 0.3) is 12.3 Å². The Morgan fingerprint density at radius 3 is 2.50 bits per heavy atom. The number of hydrogen-bond acceptors (Lipinski definition) is 3. The molecule has 0 bridgehead atoms. The van der Waals surface area contributed by atoms with E-state index in [2.05, 4.69) is 22.3 Å². The summed E-state index contributed by atoms with van der Waals surface area (Å²) in [6.45, 7) is 2.12. The molecular formula is C18H19F5N4O. The Hall–Kier alpha value is -2.52. The van der Waals surface area contributed by atoms with Crippen LogP contribution in [0.2, 0.25) is 0 Å². The van der Waals surface area contributed by atoms with E-state index in [1.54, 1.807) is 0 Å². The molecule has 1 aliphatic rings. The smallest absolute Gasteiger partial charge is 0.318 e. The van der Waals surface area contributed by atoms with Crippen molar-refractivity contribution < 1.29 is 26.7 Å². The van der Waals surface area contributed by atoms with Crippen molar-refractivity contribution in [1.82, 2.24) is 14.8 Å². The Morgan fingerprint density at radius 1 is 1.21 bits per heavy atom. The zero-order valence-corrected chi connectivity index (χ0v) is 15.0. The summed E-state index contributed by atoms with van der Waals surface area (Å²) in [6, 6.07) is 2.79. The number of alkyl halides is 5. The topological polar surface area (TPSA) is 59.8 Å². The van der Waals surface area contributed by atoms with E-state index in [9.17, 15) is 26.7 Å². The number of amides is 1. The molecule has 2 aromatic heterocycles. The number of pyridine rings is 1. The maximum atomic E-state index is 13.4. The number of nitrogens with zero attached hydrogens (tertiary/aromatic N) is 3. The second kappa shape index (κ2) is 7.84. The normalized spacial score (nSPS) is 20.4. The van der Waals surface area contributed by atoms with E-state index in [0.717, 1.165) is 43.9 Å². The standard InChI is InChI=1S/C18H19F5N4O/c1-10-5-7-11(8-6-10)27-9-13(15(26-27)16(19)20)25-17(28)12-3-2-4-14(24-12)18(21,22)23/h2-4,9-11,16H,5-8H2,1H3,(H,25,28)/t10-,11-.